The van der Waals surface area contributed by atoms with E-state index in [0.29, 0.717) is 6.61 Å². The van der Waals surface area contributed by atoms with Crippen LogP contribution in [0, 0.1) is 17.8 Å². The quantitative estimate of drug-likeness (QED) is 0.795. The molecule has 4 heteroatoms. The molecule has 0 atom stereocenters. The van der Waals surface area contributed by atoms with Crippen LogP contribution < -0.4 is 4.74 Å². The Labute approximate surface area is 121 Å². The highest BCUT2D eigenvalue weighted by Crippen LogP contribution is 2.73. The maximum atomic E-state index is 11.6. The van der Waals surface area contributed by atoms with Crippen LogP contribution in [0.3, 0.4) is 0 Å². The fourth-order valence-electron chi connectivity index (χ4n) is 3.54. The standard InChI is InChI=1S/C15H17BrO3/c1-10-3-4-12(11(16)5-10)19-9-14-6-15(7-14,8-14)13(17)18-2/h3-5H,6-9H2,1-2H3. The molecule has 0 unspecified atom stereocenters. The van der Waals surface area contributed by atoms with E-state index in [0.717, 1.165) is 29.5 Å². The molecule has 0 aromatic heterocycles. The van der Waals surface area contributed by atoms with Crippen LogP contribution in [0.1, 0.15) is 24.8 Å². The molecule has 19 heavy (non-hydrogen) atoms. The molecule has 2 bridgehead atoms. The first-order chi connectivity index (χ1) is 8.99. The van der Waals surface area contributed by atoms with Crippen molar-refractivity contribution in [3.05, 3.63) is 28.2 Å². The molecular formula is C15H17BrO3. The SMILES string of the molecule is COC(=O)C12CC(COc3ccc(C)cc3Br)(C1)C2. The second-order valence-electron chi connectivity index (χ2n) is 6.02. The lowest BCUT2D eigenvalue weighted by atomic mass is 9.35. The topological polar surface area (TPSA) is 35.5 Å². The van der Waals surface area contributed by atoms with Crippen LogP contribution in [0.5, 0.6) is 5.75 Å². The number of hydrogen-bond acceptors (Lipinski definition) is 3. The average molecular weight is 325 g/mol. The highest BCUT2D eigenvalue weighted by Gasteiger charge is 2.72. The summed E-state index contributed by atoms with van der Waals surface area (Å²) in [5.41, 5.74) is 1.23. The number of aryl methyl sites for hydroxylation is 1. The van der Waals surface area contributed by atoms with Crippen LogP contribution in [0.2, 0.25) is 0 Å². The van der Waals surface area contributed by atoms with E-state index in [1.165, 1.54) is 12.7 Å². The molecule has 3 saturated carbocycles. The van der Waals surface area contributed by atoms with Gasteiger partial charge in [-0.25, -0.2) is 0 Å². The van der Waals surface area contributed by atoms with Crippen LogP contribution in [0.25, 0.3) is 0 Å². The molecule has 3 aliphatic rings. The number of carbonyl (C=O) groups is 1. The van der Waals surface area contributed by atoms with Crippen LogP contribution in [0.4, 0.5) is 0 Å². The van der Waals surface area contributed by atoms with E-state index in [1.807, 2.05) is 18.2 Å². The summed E-state index contributed by atoms with van der Waals surface area (Å²) in [6, 6.07) is 6.08. The Hall–Kier alpha value is -1.03. The molecule has 3 fully saturated rings. The van der Waals surface area contributed by atoms with E-state index in [-0.39, 0.29) is 16.8 Å². The van der Waals surface area contributed by atoms with Gasteiger partial charge in [0.25, 0.3) is 0 Å². The summed E-state index contributed by atoms with van der Waals surface area (Å²) in [5.74, 6) is 0.827. The zero-order valence-corrected chi connectivity index (χ0v) is 12.7. The van der Waals surface area contributed by atoms with Crippen molar-refractivity contribution in [2.75, 3.05) is 13.7 Å². The zero-order chi connectivity index (χ0) is 13.7. The summed E-state index contributed by atoms with van der Waals surface area (Å²) in [6.45, 7) is 2.74. The number of esters is 1. The van der Waals surface area contributed by atoms with E-state index in [1.54, 1.807) is 0 Å². The molecule has 0 amide bonds. The Morgan fingerprint density at radius 3 is 2.63 bits per heavy atom. The molecule has 0 N–H and O–H groups in total. The normalized spacial score (nSPS) is 31.1. The second kappa shape index (κ2) is 4.23. The monoisotopic (exact) mass is 324 g/mol. The van der Waals surface area contributed by atoms with Crippen molar-refractivity contribution >= 4 is 21.9 Å². The zero-order valence-electron chi connectivity index (χ0n) is 11.2. The Bertz CT molecular complexity index is 518. The van der Waals surface area contributed by atoms with Crippen molar-refractivity contribution in [2.24, 2.45) is 10.8 Å². The number of carbonyl (C=O) groups excluding carboxylic acids is 1. The van der Waals surface area contributed by atoms with Gasteiger partial charge in [0, 0.05) is 5.41 Å². The molecule has 0 aliphatic heterocycles. The van der Waals surface area contributed by atoms with Crippen molar-refractivity contribution < 1.29 is 14.3 Å². The molecular weight excluding hydrogens is 308 g/mol. The summed E-state index contributed by atoms with van der Waals surface area (Å²) in [7, 11) is 1.47. The van der Waals surface area contributed by atoms with Crippen molar-refractivity contribution in [1.82, 2.24) is 0 Å². The summed E-state index contributed by atoms with van der Waals surface area (Å²) in [4.78, 5) is 11.6. The lowest BCUT2D eigenvalue weighted by Gasteiger charge is -2.68. The van der Waals surface area contributed by atoms with Gasteiger partial charge in [-0.2, -0.15) is 0 Å². The lowest BCUT2D eigenvalue weighted by Crippen LogP contribution is -2.67. The number of methoxy groups -OCH3 is 1. The summed E-state index contributed by atoms with van der Waals surface area (Å²) < 4.78 is 11.7. The molecule has 3 aliphatic carbocycles. The third-order valence-electron chi connectivity index (χ3n) is 4.38. The van der Waals surface area contributed by atoms with E-state index < -0.39 is 0 Å². The number of hydrogen-bond donors (Lipinski definition) is 0. The van der Waals surface area contributed by atoms with Gasteiger partial charge < -0.3 is 9.47 Å². The fraction of sp³-hybridized carbons (Fsp3) is 0.533. The number of benzene rings is 1. The third kappa shape index (κ3) is 1.97. The fourth-order valence-corrected chi connectivity index (χ4v) is 4.15. The van der Waals surface area contributed by atoms with Gasteiger partial charge in [-0.1, -0.05) is 6.07 Å². The largest absolute Gasteiger partial charge is 0.492 e. The highest BCUT2D eigenvalue weighted by atomic mass is 79.9. The van der Waals surface area contributed by atoms with Crippen molar-refractivity contribution in [3.8, 4) is 5.75 Å². The van der Waals surface area contributed by atoms with Crippen LogP contribution in [0.15, 0.2) is 22.7 Å². The predicted octanol–water partition coefficient (Wildman–Crippen LogP) is 3.48. The Morgan fingerprint density at radius 2 is 2.05 bits per heavy atom. The Kier molecular flexibility index (Phi) is 2.89. The average Bonchev–Trinajstić information content (AvgIpc) is 2.27. The maximum absolute atomic E-state index is 11.6. The molecule has 102 valence electrons. The Morgan fingerprint density at radius 1 is 1.37 bits per heavy atom. The summed E-state index contributed by atoms with van der Waals surface area (Å²) in [6.07, 6.45) is 2.74. The first-order valence-corrected chi connectivity index (χ1v) is 7.25. The third-order valence-corrected chi connectivity index (χ3v) is 5.00. The smallest absolute Gasteiger partial charge is 0.311 e. The van der Waals surface area contributed by atoms with Crippen LogP contribution in [-0.4, -0.2) is 19.7 Å². The molecule has 0 saturated heterocycles. The van der Waals surface area contributed by atoms with Gasteiger partial charge in [0.1, 0.15) is 5.75 Å². The van der Waals surface area contributed by atoms with E-state index >= 15 is 0 Å². The highest BCUT2D eigenvalue weighted by molar-refractivity contribution is 9.10. The number of halogens is 1. The van der Waals surface area contributed by atoms with E-state index in [4.69, 9.17) is 9.47 Å². The van der Waals surface area contributed by atoms with E-state index in [2.05, 4.69) is 22.9 Å². The van der Waals surface area contributed by atoms with Crippen LogP contribution in [-0.2, 0) is 9.53 Å². The van der Waals surface area contributed by atoms with Crippen LogP contribution >= 0.6 is 15.9 Å². The second-order valence-corrected chi connectivity index (χ2v) is 6.88. The molecule has 1 aromatic rings. The van der Waals surface area contributed by atoms with Gasteiger partial charge in [-0.3, -0.25) is 4.79 Å². The molecule has 3 nitrogen and oxygen atoms in total. The van der Waals surface area contributed by atoms with Gasteiger partial charge in [0.05, 0.1) is 23.6 Å². The Balaban J connectivity index is 1.57. The minimum atomic E-state index is -0.178. The van der Waals surface area contributed by atoms with Gasteiger partial charge in [-0.15, -0.1) is 0 Å². The molecule has 1 aromatic carbocycles. The van der Waals surface area contributed by atoms with Crippen molar-refractivity contribution in [3.63, 3.8) is 0 Å². The maximum Gasteiger partial charge on any atom is 0.311 e. The first kappa shape index (κ1) is 13.0. The number of rotatable bonds is 4. The minimum Gasteiger partial charge on any atom is -0.492 e. The number of ether oxygens (including phenoxy) is 2. The lowest BCUT2D eigenvalue weighted by molar-refractivity contribution is -0.233. The minimum absolute atomic E-state index is 0.0501. The van der Waals surface area contributed by atoms with Gasteiger partial charge >= 0.3 is 5.97 Å². The van der Waals surface area contributed by atoms with Gasteiger partial charge in [-0.05, 0) is 59.8 Å². The molecule has 4 rings (SSSR count). The van der Waals surface area contributed by atoms with Gasteiger partial charge in [0.2, 0.25) is 0 Å². The van der Waals surface area contributed by atoms with Crippen molar-refractivity contribution in [1.29, 1.82) is 0 Å². The molecule has 0 radical (unpaired) electrons. The summed E-state index contributed by atoms with van der Waals surface area (Å²) >= 11 is 3.51. The molecule has 0 spiro atoms. The predicted molar refractivity (Wildman–Crippen MR) is 75.1 cm³/mol. The summed E-state index contributed by atoms with van der Waals surface area (Å²) in [5, 5.41) is 0. The first-order valence-electron chi connectivity index (χ1n) is 6.46. The van der Waals surface area contributed by atoms with Gasteiger partial charge in [0.15, 0.2) is 0 Å². The molecule has 0 heterocycles. The van der Waals surface area contributed by atoms with Crippen molar-refractivity contribution in [2.45, 2.75) is 26.2 Å². The van der Waals surface area contributed by atoms with E-state index in [9.17, 15) is 4.79 Å².